The minimum Gasteiger partial charge on any atom is -0.0632 e. The third kappa shape index (κ3) is 9.43. The molecule has 280 valence electrons. The first-order valence-electron chi connectivity index (χ1n) is 19.5. The van der Waals surface area contributed by atoms with Crippen LogP contribution in [0.5, 0.6) is 0 Å². The molecule has 0 nitrogen and oxygen atoms in total. The van der Waals surface area contributed by atoms with Gasteiger partial charge in [0.05, 0.1) is 0 Å². The van der Waals surface area contributed by atoms with Crippen LogP contribution in [0, 0.1) is 29.6 Å². The molecule has 5 aliphatic carbocycles. The Labute approximate surface area is 313 Å². The summed E-state index contributed by atoms with van der Waals surface area (Å²) in [7, 11) is 0. The summed E-state index contributed by atoms with van der Waals surface area (Å²) in [6.45, 7) is 56.0. The summed E-state index contributed by atoms with van der Waals surface area (Å²) in [6, 6.07) is 0. The largest absolute Gasteiger partial charge is 0.0632 e. The van der Waals surface area contributed by atoms with Gasteiger partial charge < -0.3 is 0 Å². The Bertz CT molecular complexity index is 1250. The number of hydrogen-bond donors (Lipinski definition) is 0. The number of allylic oxidation sites excluding steroid dienone is 20. The molecule has 0 aromatic carbocycles. The monoisotopic (exact) mass is 681 g/mol. The third-order valence-electron chi connectivity index (χ3n) is 15.2. The second-order valence-electron chi connectivity index (χ2n) is 16.7. The van der Waals surface area contributed by atoms with Gasteiger partial charge in [-0.1, -0.05) is 90.3 Å². The normalized spacial score (nSPS) is 21.3. The van der Waals surface area contributed by atoms with Crippen LogP contribution < -0.4 is 0 Å². The van der Waals surface area contributed by atoms with Crippen LogP contribution in [-0.2, 0) is 0 Å². The molecule has 0 bridgehead atoms. The summed E-state index contributed by atoms with van der Waals surface area (Å²) in [5, 5.41) is 0. The first-order valence-corrected chi connectivity index (χ1v) is 19.5. The van der Waals surface area contributed by atoms with E-state index in [4.69, 9.17) is 0 Å². The van der Waals surface area contributed by atoms with E-state index in [9.17, 15) is 0 Å². The first-order chi connectivity index (χ1) is 22.8. The number of hydrogen-bond acceptors (Lipinski definition) is 0. The zero-order valence-electron chi connectivity index (χ0n) is 37.9. The lowest BCUT2D eigenvalue weighted by Gasteiger charge is -2.05. The van der Waals surface area contributed by atoms with E-state index >= 15 is 0 Å². The highest BCUT2D eigenvalue weighted by atomic mass is 14.3. The quantitative estimate of drug-likeness (QED) is 0.239. The van der Waals surface area contributed by atoms with E-state index in [0.29, 0.717) is 29.6 Å². The highest BCUT2D eigenvalue weighted by Crippen LogP contribution is 2.39. The van der Waals surface area contributed by atoms with Gasteiger partial charge in [0.2, 0.25) is 0 Å². The molecule has 0 aliphatic heterocycles. The van der Waals surface area contributed by atoms with Crippen LogP contribution in [-0.4, -0.2) is 0 Å². The van der Waals surface area contributed by atoms with E-state index < -0.39 is 0 Å². The Kier molecular flexibility index (Phi) is 16.6. The van der Waals surface area contributed by atoms with Gasteiger partial charge in [0, 0.05) is 0 Å². The van der Waals surface area contributed by atoms with Crippen LogP contribution in [0.25, 0.3) is 0 Å². The molecule has 0 atom stereocenters. The molecule has 0 saturated carbocycles. The van der Waals surface area contributed by atoms with Crippen molar-refractivity contribution >= 4 is 0 Å². The zero-order valence-corrected chi connectivity index (χ0v) is 37.9. The molecule has 50 heavy (non-hydrogen) atoms. The Balaban J connectivity index is 0.000000312. The summed E-state index contributed by atoms with van der Waals surface area (Å²) in [4.78, 5) is 0. The summed E-state index contributed by atoms with van der Waals surface area (Å²) in [6.07, 6.45) is 0. The van der Waals surface area contributed by atoms with Gasteiger partial charge >= 0.3 is 0 Å². The lowest BCUT2D eigenvalue weighted by Crippen LogP contribution is -1.92. The van der Waals surface area contributed by atoms with E-state index in [1.54, 1.807) is 55.7 Å². The molecule has 5 aliphatic rings. The average Bonchev–Trinajstić information content (AvgIpc) is 3.60. The fraction of sp³-hybridized carbons (Fsp3) is 0.600. The average molecular weight is 681 g/mol. The van der Waals surface area contributed by atoms with Crippen LogP contribution in [0.2, 0.25) is 0 Å². The van der Waals surface area contributed by atoms with E-state index in [-0.39, 0.29) is 0 Å². The SMILES string of the molecule is CC1=C(C)C(C)C(C)=C1C.CC1=C(C)C(C)C(C)=C1C.CC1=C(C)C(C)C(C)=C1C.CC1=C(C)C(C)C(C)=C1C.CC1=C(C)C(C)C(C)=C1C. The van der Waals surface area contributed by atoms with Crippen molar-refractivity contribution < 1.29 is 0 Å². The molecule has 0 unspecified atom stereocenters. The molecule has 0 spiro atoms. The first kappa shape index (κ1) is 45.4. The maximum absolute atomic E-state index is 2.28. The molecular weight excluding hydrogens is 601 g/mol. The third-order valence-corrected chi connectivity index (χ3v) is 15.2. The maximum atomic E-state index is 2.28. The minimum absolute atomic E-state index is 0.694. The van der Waals surface area contributed by atoms with E-state index in [1.807, 2.05) is 0 Å². The van der Waals surface area contributed by atoms with Crippen LogP contribution >= 0.6 is 0 Å². The summed E-state index contributed by atoms with van der Waals surface area (Å²) in [5.74, 6) is 3.47. The molecule has 0 N–H and O–H groups in total. The van der Waals surface area contributed by atoms with Gasteiger partial charge in [0.25, 0.3) is 0 Å². The van der Waals surface area contributed by atoms with Crippen LogP contribution in [0.1, 0.15) is 173 Å². The topological polar surface area (TPSA) is 0 Å². The molecule has 0 radical (unpaired) electrons. The van der Waals surface area contributed by atoms with Crippen LogP contribution in [0.15, 0.2) is 111 Å². The molecule has 5 rings (SSSR count). The standard InChI is InChI=1S/5C10H16/c5*1-6-7(2)9(4)10(5)8(6)3/h5*6H,1-5H3. The van der Waals surface area contributed by atoms with Gasteiger partial charge in [-0.25, -0.2) is 0 Å². The van der Waals surface area contributed by atoms with E-state index in [0.717, 1.165) is 0 Å². The molecular formula is C50H80. The maximum Gasteiger partial charge on any atom is -0.00153 e. The fourth-order valence-corrected chi connectivity index (χ4v) is 7.83. The van der Waals surface area contributed by atoms with Crippen molar-refractivity contribution in [2.24, 2.45) is 29.6 Å². The molecule has 0 saturated heterocycles. The second-order valence-corrected chi connectivity index (χ2v) is 16.7. The van der Waals surface area contributed by atoms with Gasteiger partial charge in [0.1, 0.15) is 0 Å². The molecule has 0 heteroatoms. The lowest BCUT2D eigenvalue weighted by molar-refractivity contribution is 0.815. The van der Waals surface area contributed by atoms with Gasteiger partial charge in [-0.15, -0.1) is 0 Å². The molecule has 0 amide bonds. The predicted octanol–water partition coefficient (Wildman–Crippen LogP) is 16.5. The van der Waals surface area contributed by atoms with Gasteiger partial charge in [-0.2, -0.15) is 0 Å². The van der Waals surface area contributed by atoms with Crippen molar-refractivity contribution in [3.63, 3.8) is 0 Å². The molecule has 0 fully saturated rings. The van der Waals surface area contributed by atoms with Gasteiger partial charge in [-0.05, 0) is 224 Å². The summed E-state index contributed by atoms with van der Waals surface area (Å²) >= 11 is 0. The highest BCUT2D eigenvalue weighted by Gasteiger charge is 2.22. The number of rotatable bonds is 0. The van der Waals surface area contributed by atoms with Crippen molar-refractivity contribution in [2.45, 2.75) is 173 Å². The fourth-order valence-electron chi connectivity index (χ4n) is 7.83. The Morgan fingerprint density at radius 2 is 0.220 bits per heavy atom. The Hall–Kier alpha value is -2.60. The molecule has 0 heterocycles. The Morgan fingerprint density at radius 1 is 0.160 bits per heavy atom. The van der Waals surface area contributed by atoms with Crippen molar-refractivity contribution in [3.05, 3.63) is 111 Å². The van der Waals surface area contributed by atoms with Crippen molar-refractivity contribution in [1.29, 1.82) is 0 Å². The smallest absolute Gasteiger partial charge is 0.00153 e. The predicted molar refractivity (Wildman–Crippen MR) is 230 cm³/mol. The molecule has 0 aromatic heterocycles. The zero-order chi connectivity index (χ0) is 39.4. The van der Waals surface area contributed by atoms with Crippen LogP contribution in [0.3, 0.4) is 0 Å². The van der Waals surface area contributed by atoms with Crippen molar-refractivity contribution in [1.82, 2.24) is 0 Å². The van der Waals surface area contributed by atoms with Crippen molar-refractivity contribution in [2.75, 3.05) is 0 Å². The second kappa shape index (κ2) is 18.2. The lowest BCUT2D eigenvalue weighted by atomic mass is 10.00. The summed E-state index contributed by atoms with van der Waals surface area (Å²) in [5.41, 5.74) is 30.6. The van der Waals surface area contributed by atoms with Crippen molar-refractivity contribution in [3.8, 4) is 0 Å². The van der Waals surface area contributed by atoms with Gasteiger partial charge in [-0.3, -0.25) is 0 Å². The molecule has 0 aromatic rings. The summed E-state index contributed by atoms with van der Waals surface area (Å²) < 4.78 is 0. The highest BCUT2D eigenvalue weighted by molar-refractivity contribution is 5.48. The Morgan fingerprint density at radius 3 is 0.240 bits per heavy atom. The van der Waals surface area contributed by atoms with Crippen LogP contribution in [0.4, 0.5) is 0 Å². The minimum atomic E-state index is 0.694. The van der Waals surface area contributed by atoms with E-state index in [2.05, 4.69) is 173 Å². The van der Waals surface area contributed by atoms with E-state index in [1.165, 1.54) is 55.7 Å². The van der Waals surface area contributed by atoms with Gasteiger partial charge in [0.15, 0.2) is 0 Å².